The van der Waals surface area contributed by atoms with E-state index in [1.165, 1.54) is 11.1 Å². The number of carbonyl (C=O) groups excluding carboxylic acids is 1. The van der Waals surface area contributed by atoms with Gasteiger partial charge in [0.05, 0.1) is 6.20 Å². The second kappa shape index (κ2) is 8.05. The van der Waals surface area contributed by atoms with Crippen molar-refractivity contribution in [1.82, 2.24) is 20.1 Å². The quantitative estimate of drug-likeness (QED) is 0.665. The number of nitrogens with zero attached hydrogens (tertiary/aromatic N) is 3. The van der Waals surface area contributed by atoms with Crippen LogP contribution in [-0.4, -0.2) is 20.7 Å². The molecule has 1 N–H and O–H groups in total. The molecule has 0 spiro atoms. The molecule has 0 aliphatic carbocycles. The first-order valence-corrected chi connectivity index (χ1v) is 10.3. The van der Waals surface area contributed by atoms with Crippen LogP contribution in [0.2, 0.25) is 0 Å². The lowest BCUT2D eigenvalue weighted by Crippen LogP contribution is -2.25. The zero-order valence-electron chi connectivity index (χ0n) is 19.1. The highest BCUT2D eigenvalue weighted by molar-refractivity contribution is 5.94. The second-order valence-corrected chi connectivity index (χ2v) is 9.97. The van der Waals surface area contributed by atoms with Gasteiger partial charge in [-0.15, -0.1) is 0 Å². The lowest BCUT2D eigenvalue weighted by atomic mass is 9.79. The van der Waals surface area contributed by atoms with Gasteiger partial charge in [-0.1, -0.05) is 47.6 Å². The van der Waals surface area contributed by atoms with Crippen LogP contribution in [0.15, 0.2) is 49.1 Å². The fraction of sp³-hybridized carbons (Fsp3) is 0.400. The summed E-state index contributed by atoms with van der Waals surface area (Å²) in [6.45, 7) is 13.5. The topological polar surface area (TPSA) is 59.8 Å². The van der Waals surface area contributed by atoms with Gasteiger partial charge in [-0.2, -0.15) is 5.10 Å². The maximum Gasteiger partial charge on any atom is 0.251 e. The van der Waals surface area contributed by atoms with Crippen molar-refractivity contribution in [1.29, 1.82) is 0 Å². The number of aryl methyl sites for hydroxylation is 1. The van der Waals surface area contributed by atoms with Crippen molar-refractivity contribution in [3.05, 3.63) is 71.3 Å². The normalized spacial score (nSPS) is 12.1. The summed E-state index contributed by atoms with van der Waals surface area (Å²) in [5, 5.41) is 7.27. The molecular formula is C25H32N4O. The van der Waals surface area contributed by atoms with Crippen LogP contribution in [0.4, 0.5) is 0 Å². The van der Waals surface area contributed by atoms with Crippen molar-refractivity contribution < 1.29 is 4.79 Å². The SMILES string of the molecule is Cn1cc(-c2cncc(CNC(=O)c3cc(C(C)(C)C)cc(C(C)(C)C)c3)c2)cn1. The Kier molecular flexibility index (Phi) is 5.84. The third-order valence-corrected chi connectivity index (χ3v) is 5.21. The van der Waals surface area contributed by atoms with Crippen LogP contribution in [0, 0.1) is 0 Å². The highest BCUT2D eigenvalue weighted by atomic mass is 16.1. The van der Waals surface area contributed by atoms with Gasteiger partial charge in [0, 0.05) is 48.9 Å². The first-order chi connectivity index (χ1) is 13.9. The van der Waals surface area contributed by atoms with E-state index in [0.717, 1.165) is 16.7 Å². The molecule has 0 saturated heterocycles. The van der Waals surface area contributed by atoms with Gasteiger partial charge in [0.15, 0.2) is 0 Å². The predicted molar refractivity (Wildman–Crippen MR) is 121 cm³/mol. The monoisotopic (exact) mass is 404 g/mol. The van der Waals surface area contributed by atoms with Gasteiger partial charge in [0.25, 0.3) is 5.91 Å². The van der Waals surface area contributed by atoms with Gasteiger partial charge >= 0.3 is 0 Å². The van der Waals surface area contributed by atoms with Gasteiger partial charge in [-0.3, -0.25) is 14.5 Å². The highest BCUT2D eigenvalue weighted by Gasteiger charge is 2.22. The molecule has 0 radical (unpaired) electrons. The number of rotatable bonds is 4. The minimum Gasteiger partial charge on any atom is -0.348 e. The van der Waals surface area contributed by atoms with Gasteiger partial charge in [0.1, 0.15) is 0 Å². The third kappa shape index (κ3) is 5.15. The third-order valence-electron chi connectivity index (χ3n) is 5.21. The number of benzene rings is 1. The fourth-order valence-corrected chi connectivity index (χ4v) is 3.22. The molecule has 2 heterocycles. The summed E-state index contributed by atoms with van der Waals surface area (Å²) in [4.78, 5) is 17.3. The Morgan fingerprint density at radius 1 is 0.900 bits per heavy atom. The number of pyridine rings is 1. The molecule has 0 saturated carbocycles. The molecule has 0 fully saturated rings. The largest absolute Gasteiger partial charge is 0.348 e. The van der Waals surface area contributed by atoms with Crippen molar-refractivity contribution in [2.75, 3.05) is 0 Å². The molecule has 158 valence electrons. The Morgan fingerprint density at radius 2 is 1.53 bits per heavy atom. The lowest BCUT2D eigenvalue weighted by Gasteiger charge is -2.26. The smallest absolute Gasteiger partial charge is 0.251 e. The van der Waals surface area contributed by atoms with Crippen molar-refractivity contribution in [2.45, 2.75) is 58.9 Å². The fourth-order valence-electron chi connectivity index (χ4n) is 3.22. The van der Waals surface area contributed by atoms with Crippen molar-refractivity contribution in [3.8, 4) is 11.1 Å². The van der Waals surface area contributed by atoms with Crippen LogP contribution in [-0.2, 0) is 24.4 Å². The van der Waals surface area contributed by atoms with Crippen LogP contribution in [0.5, 0.6) is 0 Å². The van der Waals surface area contributed by atoms with Crippen LogP contribution < -0.4 is 5.32 Å². The van der Waals surface area contributed by atoms with E-state index in [-0.39, 0.29) is 16.7 Å². The first-order valence-electron chi connectivity index (χ1n) is 10.3. The molecule has 5 heteroatoms. The van der Waals surface area contributed by atoms with E-state index in [1.54, 1.807) is 10.9 Å². The van der Waals surface area contributed by atoms with E-state index in [0.29, 0.717) is 12.1 Å². The number of amides is 1. The minimum atomic E-state index is -0.0709. The maximum atomic E-state index is 13.0. The van der Waals surface area contributed by atoms with Gasteiger partial charge < -0.3 is 5.32 Å². The van der Waals surface area contributed by atoms with E-state index in [2.05, 4.69) is 63.0 Å². The molecule has 30 heavy (non-hydrogen) atoms. The summed E-state index contributed by atoms with van der Waals surface area (Å²) < 4.78 is 1.76. The highest BCUT2D eigenvalue weighted by Crippen LogP contribution is 2.30. The summed E-state index contributed by atoms with van der Waals surface area (Å²) in [6.07, 6.45) is 7.36. The van der Waals surface area contributed by atoms with Gasteiger partial charge in [0.2, 0.25) is 0 Å². The summed E-state index contributed by atoms with van der Waals surface area (Å²) in [6, 6.07) is 8.28. The molecule has 3 aromatic rings. The number of nitrogens with one attached hydrogen (secondary N) is 1. The Balaban J connectivity index is 1.81. The first kappa shape index (κ1) is 21.8. The van der Waals surface area contributed by atoms with E-state index >= 15 is 0 Å². The van der Waals surface area contributed by atoms with Crippen molar-refractivity contribution >= 4 is 5.91 Å². The summed E-state index contributed by atoms with van der Waals surface area (Å²) >= 11 is 0. The predicted octanol–water partition coefficient (Wildman–Crippen LogP) is 5.01. The Hall–Kier alpha value is -2.95. The van der Waals surface area contributed by atoms with Crippen LogP contribution in [0.3, 0.4) is 0 Å². The maximum absolute atomic E-state index is 13.0. The molecule has 1 aromatic carbocycles. The number of aromatic nitrogens is 3. The lowest BCUT2D eigenvalue weighted by molar-refractivity contribution is 0.0950. The van der Waals surface area contributed by atoms with Gasteiger partial charge in [-0.25, -0.2) is 0 Å². The minimum absolute atomic E-state index is 0.0295. The Bertz CT molecular complexity index is 1020. The molecule has 0 aliphatic rings. The van der Waals surface area contributed by atoms with Crippen LogP contribution in [0.1, 0.15) is 68.6 Å². The van der Waals surface area contributed by atoms with Gasteiger partial charge in [-0.05, 0) is 45.7 Å². The molecule has 0 bridgehead atoms. The van der Waals surface area contributed by atoms with Crippen molar-refractivity contribution in [3.63, 3.8) is 0 Å². The molecule has 3 rings (SSSR count). The number of hydrogen-bond acceptors (Lipinski definition) is 3. The van der Waals surface area contributed by atoms with Crippen LogP contribution in [0.25, 0.3) is 11.1 Å². The molecular weight excluding hydrogens is 372 g/mol. The van der Waals surface area contributed by atoms with E-state index < -0.39 is 0 Å². The van der Waals surface area contributed by atoms with E-state index in [9.17, 15) is 4.79 Å². The summed E-state index contributed by atoms with van der Waals surface area (Å²) in [5.74, 6) is -0.0709. The molecule has 5 nitrogen and oxygen atoms in total. The van der Waals surface area contributed by atoms with Crippen LogP contribution >= 0.6 is 0 Å². The van der Waals surface area contributed by atoms with E-state index in [4.69, 9.17) is 0 Å². The molecule has 0 atom stereocenters. The molecule has 2 aromatic heterocycles. The average Bonchev–Trinajstić information content (AvgIpc) is 3.11. The molecule has 0 unspecified atom stereocenters. The zero-order chi connectivity index (χ0) is 22.1. The zero-order valence-corrected chi connectivity index (χ0v) is 19.1. The number of carbonyl (C=O) groups is 1. The Morgan fingerprint density at radius 3 is 2.07 bits per heavy atom. The molecule has 0 aliphatic heterocycles. The van der Waals surface area contributed by atoms with Crippen molar-refractivity contribution in [2.24, 2.45) is 7.05 Å². The summed E-state index contributed by atoms with van der Waals surface area (Å²) in [5.41, 5.74) is 5.92. The molecule has 1 amide bonds. The van der Waals surface area contributed by atoms with E-state index in [1.807, 2.05) is 43.8 Å². The Labute approximate surface area is 179 Å². The summed E-state index contributed by atoms with van der Waals surface area (Å²) in [7, 11) is 1.89. The second-order valence-electron chi connectivity index (χ2n) is 9.97. The number of hydrogen-bond donors (Lipinski definition) is 1. The standard InChI is InChI=1S/C25H32N4O/c1-24(2,3)21-9-18(10-22(11-21)25(4,5)6)23(30)27-13-17-8-19(14-26-12-17)20-15-28-29(7)16-20/h8-12,14-16H,13H2,1-7H3,(H,27,30). The average molecular weight is 405 g/mol.